The maximum absolute atomic E-state index is 5.88. The van der Waals surface area contributed by atoms with Crippen molar-refractivity contribution in [3.8, 4) is 11.5 Å². The predicted molar refractivity (Wildman–Crippen MR) is 66.4 cm³/mol. The fourth-order valence-electron chi connectivity index (χ4n) is 1.32. The summed E-state index contributed by atoms with van der Waals surface area (Å²) in [6.07, 6.45) is 0. The Morgan fingerprint density at radius 2 is 2.19 bits per heavy atom. The van der Waals surface area contributed by atoms with Crippen molar-refractivity contribution in [2.75, 3.05) is 0 Å². The van der Waals surface area contributed by atoms with Crippen LogP contribution in [0, 0.1) is 6.92 Å². The van der Waals surface area contributed by atoms with Gasteiger partial charge in [-0.2, -0.15) is 4.98 Å². The van der Waals surface area contributed by atoms with E-state index in [1.54, 1.807) is 0 Å². The minimum atomic E-state index is -0.249. The standard InChI is InChI=1S/C11H10BrClN2O/c1-6-4-3-5-8(9(6)12)11-14-10(7(2)13)15-16-11/h3-5,7H,1-2H3. The van der Waals surface area contributed by atoms with Crippen LogP contribution in [0.1, 0.15) is 23.7 Å². The number of aromatic nitrogens is 2. The summed E-state index contributed by atoms with van der Waals surface area (Å²) in [7, 11) is 0. The van der Waals surface area contributed by atoms with E-state index >= 15 is 0 Å². The first-order chi connectivity index (χ1) is 7.59. The second kappa shape index (κ2) is 4.55. The normalized spacial score (nSPS) is 12.8. The van der Waals surface area contributed by atoms with E-state index in [1.807, 2.05) is 32.0 Å². The van der Waals surface area contributed by atoms with Crippen molar-refractivity contribution in [3.63, 3.8) is 0 Å². The summed E-state index contributed by atoms with van der Waals surface area (Å²) in [5, 5.41) is 3.57. The van der Waals surface area contributed by atoms with Crippen LogP contribution in [0.15, 0.2) is 27.2 Å². The smallest absolute Gasteiger partial charge is 0.259 e. The number of rotatable bonds is 2. The highest BCUT2D eigenvalue weighted by molar-refractivity contribution is 9.10. The number of aryl methyl sites for hydroxylation is 1. The molecule has 0 fully saturated rings. The number of hydrogen-bond donors (Lipinski definition) is 0. The molecule has 2 aromatic rings. The van der Waals surface area contributed by atoms with Crippen molar-refractivity contribution in [1.82, 2.24) is 10.1 Å². The second-order valence-corrected chi connectivity index (χ2v) is 4.96. The summed E-state index contributed by atoms with van der Waals surface area (Å²) in [6.45, 7) is 3.82. The lowest BCUT2D eigenvalue weighted by Gasteiger charge is -2.01. The van der Waals surface area contributed by atoms with Crippen LogP contribution in [0.25, 0.3) is 11.5 Å². The van der Waals surface area contributed by atoms with E-state index in [-0.39, 0.29) is 5.38 Å². The molecule has 1 heterocycles. The molecule has 5 heteroatoms. The Labute approximate surface area is 107 Å². The van der Waals surface area contributed by atoms with Gasteiger partial charge in [0.15, 0.2) is 5.82 Å². The topological polar surface area (TPSA) is 38.9 Å². The Balaban J connectivity index is 2.47. The van der Waals surface area contributed by atoms with Gasteiger partial charge in [0, 0.05) is 4.47 Å². The van der Waals surface area contributed by atoms with E-state index < -0.39 is 0 Å². The van der Waals surface area contributed by atoms with Gasteiger partial charge < -0.3 is 4.52 Å². The van der Waals surface area contributed by atoms with Crippen LogP contribution in [0.2, 0.25) is 0 Å². The summed E-state index contributed by atoms with van der Waals surface area (Å²) in [5.74, 6) is 0.989. The molecule has 16 heavy (non-hydrogen) atoms. The Bertz CT molecular complexity index is 510. The summed E-state index contributed by atoms with van der Waals surface area (Å²) < 4.78 is 6.14. The minimum absolute atomic E-state index is 0.249. The molecule has 0 spiro atoms. The van der Waals surface area contributed by atoms with Gasteiger partial charge >= 0.3 is 0 Å². The van der Waals surface area contributed by atoms with Crippen molar-refractivity contribution >= 4 is 27.5 Å². The van der Waals surface area contributed by atoms with Crippen LogP contribution >= 0.6 is 27.5 Å². The minimum Gasteiger partial charge on any atom is -0.334 e. The first-order valence-corrected chi connectivity index (χ1v) is 6.05. The number of alkyl halides is 1. The fourth-order valence-corrected chi connectivity index (χ4v) is 1.84. The third-order valence-corrected chi connectivity index (χ3v) is 3.47. The molecule has 0 amide bonds. The maximum Gasteiger partial charge on any atom is 0.259 e. The van der Waals surface area contributed by atoms with Gasteiger partial charge in [0.2, 0.25) is 0 Å². The molecule has 0 aliphatic heterocycles. The molecule has 0 aliphatic rings. The van der Waals surface area contributed by atoms with Gasteiger partial charge in [0.1, 0.15) is 0 Å². The van der Waals surface area contributed by atoms with Crippen molar-refractivity contribution in [2.24, 2.45) is 0 Å². The van der Waals surface area contributed by atoms with E-state index in [9.17, 15) is 0 Å². The van der Waals surface area contributed by atoms with Gasteiger partial charge in [0.05, 0.1) is 10.9 Å². The molecule has 0 saturated heterocycles. The third-order valence-electron chi connectivity index (χ3n) is 2.22. The van der Waals surface area contributed by atoms with Crippen LogP contribution < -0.4 is 0 Å². The van der Waals surface area contributed by atoms with Crippen LogP contribution in [0.5, 0.6) is 0 Å². The van der Waals surface area contributed by atoms with Crippen LogP contribution in [-0.4, -0.2) is 10.1 Å². The number of nitrogens with zero attached hydrogens (tertiary/aromatic N) is 2. The molecule has 0 bridgehead atoms. The molecular formula is C11H10BrClN2O. The third kappa shape index (κ3) is 2.13. The van der Waals surface area contributed by atoms with Gasteiger partial charge in [0.25, 0.3) is 5.89 Å². The van der Waals surface area contributed by atoms with E-state index in [4.69, 9.17) is 16.1 Å². The van der Waals surface area contributed by atoms with Gasteiger partial charge in [-0.25, -0.2) is 0 Å². The van der Waals surface area contributed by atoms with Gasteiger partial charge in [-0.05, 0) is 41.4 Å². The molecule has 0 saturated carbocycles. The average Bonchev–Trinajstić information content (AvgIpc) is 2.71. The molecule has 1 aromatic carbocycles. The van der Waals surface area contributed by atoms with Crippen molar-refractivity contribution < 1.29 is 4.52 Å². The Morgan fingerprint density at radius 3 is 2.81 bits per heavy atom. The van der Waals surface area contributed by atoms with Gasteiger partial charge in [-0.1, -0.05) is 17.3 Å². The lowest BCUT2D eigenvalue weighted by molar-refractivity contribution is 0.422. The van der Waals surface area contributed by atoms with Crippen LogP contribution in [0.4, 0.5) is 0 Å². The van der Waals surface area contributed by atoms with Gasteiger partial charge in [-0.15, -0.1) is 11.6 Å². The Morgan fingerprint density at radius 1 is 1.44 bits per heavy atom. The maximum atomic E-state index is 5.88. The van der Waals surface area contributed by atoms with Crippen LogP contribution in [-0.2, 0) is 0 Å². The fraction of sp³-hybridized carbons (Fsp3) is 0.273. The lowest BCUT2D eigenvalue weighted by Crippen LogP contribution is -1.87. The monoisotopic (exact) mass is 300 g/mol. The Kier molecular flexibility index (Phi) is 3.30. The predicted octanol–water partition coefficient (Wildman–Crippen LogP) is 4.11. The summed E-state index contributed by atoms with van der Waals surface area (Å²) in [6, 6.07) is 5.88. The number of halogens is 2. The lowest BCUT2D eigenvalue weighted by atomic mass is 10.1. The highest BCUT2D eigenvalue weighted by Gasteiger charge is 2.15. The van der Waals surface area contributed by atoms with E-state index in [0.29, 0.717) is 11.7 Å². The van der Waals surface area contributed by atoms with E-state index in [1.165, 1.54) is 0 Å². The van der Waals surface area contributed by atoms with Crippen molar-refractivity contribution in [3.05, 3.63) is 34.1 Å². The molecule has 1 unspecified atom stereocenters. The Hall–Kier alpha value is -0.870. The molecule has 2 rings (SSSR count). The zero-order chi connectivity index (χ0) is 11.7. The SMILES string of the molecule is Cc1cccc(-c2nc(C(C)Cl)no2)c1Br. The first kappa shape index (κ1) is 11.6. The van der Waals surface area contributed by atoms with Gasteiger partial charge in [-0.3, -0.25) is 0 Å². The van der Waals surface area contributed by atoms with Crippen molar-refractivity contribution in [2.45, 2.75) is 19.2 Å². The highest BCUT2D eigenvalue weighted by Crippen LogP contribution is 2.30. The number of benzene rings is 1. The average molecular weight is 302 g/mol. The largest absolute Gasteiger partial charge is 0.334 e. The summed E-state index contributed by atoms with van der Waals surface area (Å²) >= 11 is 9.38. The molecule has 1 atom stereocenters. The molecule has 3 nitrogen and oxygen atoms in total. The molecule has 84 valence electrons. The van der Waals surface area contributed by atoms with E-state index in [0.717, 1.165) is 15.6 Å². The summed E-state index contributed by atoms with van der Waals surface area (Å²) in [4.78, 5) is 4.24. The summed E-state index contributed by atoms with van der Waals surface area (Å²) in [5.41, 5.74) is 2.01. The van der Waals surface area contributed by atoms with E-state index in [2.05, 4.69) is 26.1 Å². The van der Waals surface area contributed by atoms with Crippen molar-refractivity contribution in [1.29, 1.82) is 0 Å². The number of hydrogen-bond acceptors (Lipinski definition) is 3. The quantitative estimate of drug-likeness (QED) is 0.784. The molecule has 1 aromatic heterocycles. The molecular weight excluding hydrogens is 291 g/mol. The second-order valence-electron chi connectivity index (χ2n) is 3.51. The molecule has 0 aliphatic carbocycles. The zero-order valence-electron chi connectivity index (χ0n) is 8.87. The zero-order valence-corrected chi connectivity index (χ0v) is 11.2. The first-order valence-electron chi connectivity index (χ1n) is 4.82. The molecule has 0 N–H and O–H groups in total. The highest BCUT2D eigenvalue weighted by atomic mass is 79.9. The molecule has 0 radical (unpaired) electrons. The van der Waals surface area contributed by atoms with Crippen LogP contribution in [0.3, 0.4) is 0 Å².